The first-order chi connectivity index (χ1) is 15.0. The number of nitrogens with two attached hydrogens (primary N) is 1. The van der Waals surface area contributed by atoms with Gasteiger partial charge in [0.15, 0.2) is 12.0 Å². The summed E-state index contributed by atoms with van der Waals surface area (Å²) < 4.78 is 7.65. The molecule has 154 valence electrons. The van der Waals surface area contributed by atoms with Crippen LogP contribution in [0.4, 0.5) is 5.95 Å². The number of benzene rings is 1. The van der Waals surface area contributed by atoms with E-state index < -0.39 is 5.69 Å². The summed E-state index contributed by atoms with van der Waals surface area (Å²) in [6, 6.07) is 13.6. The van der Waals surface area contributed by atoms with E-state index in [4.69, 9.17) is 10.2 Å². The number of aromatic nitrogens is 6. The zero-order valence-corrected chi connectivity index (χ0v) is 17.0. The number of hydrogen-bond acceptors (Lipinski definition) is 7. The van der Waals surface area contributed by atoms with Gasteiger partial charge in [0, 0.05) is 17.0 Å². The van der Waals surface area contributed by atoms with Crippen molar-refractivity contribution in [2.45, 2.75) is 20.4 Å². The topological polar surface area (TPSA) is 117 Å². The monoisotopic (exact) mass is 413 g/mol. The molecular formula is C22H19N7O2. The number of aryl methyl sites for hydroxylation is 2. The van der Waals surface area contributed by atoms with Gasteiger partial charge in [-0.3, -0.25) is 4.98 Å². The molecule has 0 saturated carbocycles. The van der Waals surface area contributed by atoms with E-state index in [1.54, 1.807) is 0 Å². The van der Waals surface area contributed by atoms with Gasteiger partial charge in [-0.15, -0.1) is 5.10 Å². The van der Waals surface area contributed by atoms with Crippen molar-refractivity contribution < 1.29 is 4.42 Å². The fourth-order valence-electron chi connectivity index (χ4n) is 3.72. The first-order valence-electron chi connectivity index (χ1n) is 9.68. The minimum absolute atomic E-state index is 0.0662. The number of rotatable bonds is 4. The lowest BCUT2D eigenvalue weighted by Crippen LogP contribution is -2.23. The van der Waals surface area contributed by atoms with Crippen molar-refractivity contribution in [3.8, 4) is 22.4 Å². The van der Waals surface area contributed by atoms with E-state index in [2.05, 4.69) is 20.1 Å². The van der Waals surface area contributed by atoms with Crippen LogP contribution < -0.4 is 11.4 Å². The summed E-state index contributed by atoms with van der Waals surface area (Å²) in [5.41, 5.74) is 11.6. The van der Waals surface area contributed by atoms with E-state index in [0.717, 1.165) is 22.5 Å². The molecule has 0 radical (unpaired) electrons. The fourth-order valence-corrected chi connectivity index (χ4v) is 3.72. The van der Waals surface area contributed by atoms with Gasteiger partial charge in [-0.1, -0.05) is 30.3 Å². The molecule has 0 unspecified atom stereocenters. The first-order valence-corrected chi connectivity index (χ1v) is 9.68. The molecule has 5 aromatic rings. The van der Waals surface area contributed by atoms with Crippen LogP contribution in [0.2, 0.25) is 0 Å². The average Bonchev–Trinajstić information content (AvgIpc) is 3.36. The highest BCUT2D eigenvalue weighted by Gasteiger charge is 2.22. The van der Waals surface area contributed by atoms with Crippen LogP contribution in [0.15, 0.2) is 64.3 Å². The molecule has 0 aliphatic rings. The third kappa shape index (κ3) is 3.25. The van der Waals surface area contributed by atoms with Crippen molar-refractivity contribution in [1.29, 1.82) is 0 Å². The maximum Gasteiger partial charge on any atom is 0.353 e. The molecule has 0 fully saturated rings. The van der Waals surface area contributed by atoms with Crippen LogP contribution >= 0.6 is 0 Å². The van der Waals surface area contributed by atoms with Crippen LogP contribution in [0.3, 0.4) is 0 Å². The van der Waals surface area contributed by atoms with Crippen LogP contribution in [0.5, 0.6) is 0 Å². The highest BCUT2D eigenvalue weighted by atomic mass is 16.3. The Morgan fingerprint density at radius 1 is 1.03 bits per heavy atom. The predicted molar refractivity (Wildman–Crippen MR) is 115 cm³/mol. The Labute approximate surface area is 176 Å². The van der Waals surface area contributed by atoms with Gasteiger partial charge in [0.2, 0.25) is 5.95 Å². The van der Waals surface area contributed by atoms with Crippen LogP contribution in [0.1, 0.15) is 17.1 Å². The third-order valence-electron chi connectivity index (χ3n) is 4.97. The molecule has 9 nitrogen and oxygen atoms in total. The summed E-state index contributed by atoms with van der Waals surface area (Å²) in [6.45, 7) is 4.01. The maximum atomic E-state index is 13.1. The molecule has 4 heterocycles. The molecule has 1 aromatic carbocycles. The van der Waals surface area contributed by atoms with Crippen molar-refractivity contribution in [3.05, 3.63) is 82.7 Å². The predicted octanol–water partition coefficient (Wildman–Crippen LogP) is 2.86. The second-order valence-electron chi connectivity index (χ2n) is 7.28. The van der Waals surface area contributed by atoms with E-state index in [9.17, 15) is 4.79 Å². The van der Waals surface area contributed by atoms with E-state index in [1.165, 1.54) is 21.7 Å². The molecule has 31 heavy (non-hydrogen) atoms. The summed E-state index contributed by atoms with van der Waals surface area (Å²) in [6.07, 6.45) is 2.79. The van der Waals surface area contributed by atoms with Crippen molar-refractivity contribution in [3.63, 3.8) is 0 Å². The molecule has 0 aliphatic carbocycles. The Balaban J connectivity index is 1.85. The number of oxazole rings is 1. The lowest BCUT2D eigenvalue weighted by atomic mass is 9.99. The number of nitrogens with zero attached hydrogens (tertiary/aromatic N) is 6. The number of nitrogen functional groups attached to an aromatic ring is 1. The molecule has 0 bridgehead atoms. The minimum atomic E-state index is -0.397. The molecule has 0 amide bonds. The van der Waals surface area contributed by atoms with Gasteiger partial charge in [0.05, 0.1) is 17.8 Å². The minimum Gasteiger partial charge on any atom is -0.451 e. The van der Waals surface area contributed by atoms with Crippen LogP contribution in [-0.4, -0.2) is 29.1 Å². The van der Waals surface area contributed by atoms with Crippen molar-refractivity contribution >= 4 is 11.6 Å². The summed E-state index contributed by atoms with van der Waals surface area (Å²) in [5.74, 6) is 0.0662. The van der Waals surface area contributed by atoms with Crippen molar-refractivity contribution in [2.75, 3.05) is 5.73 Å². The summed E-state index contributed by atoms with van der Waals surface area (Å²) in [7, 11) is 0. The zero-order chi connectivity index (χ0) is 21.5. The Kier molecular flexibility index (Phi) is 4.36. The summed E-state index contributed by atoms with van der Waals surface area (Å²) in [5, 5.41) is 4.61. The van der Waals surface area contributed by atoms with Crippen molar-refractivity contribution in [2.24, 2.45) is 0 Å². The van der Waals surface area contributed by atoms with E-state index in [0.29, 0.717) is 22.6 Å². The molecular weight excluding hydrogens is 394 g/mol. The third-order valence-corrected chi connectivity index (χ3v) is 4.97. The van der Waals surface area contributed by atoms with Gasteiger partial charge in [-0.2, -0.15) is 0 Å². The van der Waals surface area contributed by atoms with Gasteiger partial charge in [0.25, 0.3) is 0 Å². The Bertz CT molecular complexity index is 1430. The average molecular weight is 413 g/mol. The van der Waals surface area contributed by atoms with Crippen LogP contribution in [0, 0.1) is 13.8 Å². The smallest absolute Gasteiger partial charge is 0.353 e. The molecule has 5 rings (SSSR count). The lowest BCUT2D eigenvalue weighted by molar-refractivity contribution is 0.553. The molecule has 4 aromatic heterocycles. The number of pyridine rings is 1. The van der Waals surface area contributed by atoms with Crippen LogP contribution in [-0.2, 0) is 6.54 Å². The quantitative estimate of drug-likeness (QED) is 0.481. The molecule has 0 aliphatic heterocycles. The number of anilines is 1. The normalized spacial score (nSPS) is 11.3. The second-order valence-corrected chi connectivity index (χ2v) is 7.28. The Hall–Kier alpha value is -4.27. The zero-order valence-electron chi connectivity index (χ0n) is 17.0. The summed E-state index contributed by atoms with van der Waals surface area (Å²) >= 11 is 0. The van der Waals surface area contributed by atoms with E-state index >= 15 is 0 Å². The number of hydrogen-bond donors (Lipinski definition) is 1. The standard InChI is InChI=1S/C22H19N7O2/c1-13-8-16(9-14(2)25-13)18-19(15-6-4-3-5-7-15)26-21(23)29-20(18)27-28(22(29)30)10-17-11-31-12-24-17/h3-9,11-12H,10H2,1-2H3,(H2,23,26). The molecule has 0 saturated heterocycles. The van der Waals surface area contributed by atoms with E-state index in [-0.39, 0.29) is 12.5 Å². The Morgan fingerprint density at radius 2 is 1.77 bits per heavy atom. The molecule has 0 atom stereocenters. The first kappa shape index (κ1) is 18.7. The van der Waals surface area contributed by atoms with Crippen LogP contribution in [0.25, 0.3) is 28.0 Å². The second kappa shape index (κ2) is 7.21. The molecule has 9 heteroatoms. The van der Waals surface area contributed by atoms with E-state index in [1.807, 2.05) is 56.3 Å². The van der Waals surface area contributed by atoms with Gasteiger partial charge >= 0.3 is 5.69 Å². The van der Waals surface area contributed by atoms with Gasteiger partial charge in [-0.25, -0.2) is 23.8 Å². The van der Waals surface area contributed by atoms with Gasteiger partial charge in [0.1, 0.15) is 12.0 Å². The molecule has 0 spiro atoms. The highest BCUT2D eigenvalue weighted by Crippen LogP contribution is 2.34. The SMILES string of the molecule is Cc1cc(-c2c(-c3ccccc3)nc(N)n3c(=O)n(Cc4cocn4)nc23)cc(C)n1. The largest absolute Gasteiger partial charge is 0.451 e. The molecule has 2 N–H and O–H groups in total. The van der Waals surface area contributed by atoms with Crippen molar-refractivity contribution in [1.82, 2.24) is 29.1 Å². The van der Waals surface area contributed by atoms with Gasteiger partial charge in [-0.05, 0) is 31.5 Å². The Morgan fingerprint density at radius 3 is 2.45 bits per heavy atom. The fraction of sp³-hybridized carbons (Fsp3) is 0.136. The lowest BCUT2D eigenvalue weighted by Gasteiger charge is -2.13. The number of fused-ring (bicyclic) bond motifs is 1. The van der Waals surface area contributed by atoms with Gasteiger partial charge < -0.3 is 10.2 Å². The highest BCUT2D eigenvalue weighted by molar-refractivity contribution is 5.90. The summed E-state index contributed by atoms with van der Waals surface area (Å²) in [4.78, 5) is 26.3. The maximum absolute atomic E-state index is 13.1.